The fraction of sp³-hybridized carbons (Fsp3) is 0.535. The summed E-state index contributed by atoms with van der Waals surface area (Å²) < 4.78 is 14.8. The van der Waals surface area contributed by atoms with Gasteiger partial charge in [-0.3, -0.25) is 9.78 Å². The van der Waals surface area contributed by atoms with Gasteiger partial charge in [0.15, 0.2) is 12.5 Å². The molecule has 50 heavy (non-hydrogen) atoms. The van der Waals surface area contributed by atoms with Crippen LogP contribution in [-0.4, -0.2) is 30.6 Å². The zero-order valence-electron chi connectivity index (χ0n) is 32.6. The second-order valence-electron chi connectivity index (χ2n) is 16.2. The van der Waals surface area contributed by atoms with Crippen molar-refractivity contribution in [3.8, 4) is 11.3 Å². The fourth-order valence-corrected chi connectivity index (χ4v) is 17.4. The average Bonchev–Trinajstić information content (AvgIpc) is 3.37. The number of nitrogens with zero attached hydrogens (tertiary/aromatic N) is 1. The Morgan fingerprint density at radius 1 is 0.960 bits per heavy atom. The van der Waals surface area contributed by atoms with Crippen LogP contribution in [0, 0.1) is 36.7 Å². The minimum atomic E-state index is -1.72. The first-order valence-corrected chi connectivity index (χ1v) is 21.7. The largest absolute Gasteiger partial charge is 0.512 e. The van der Waals surface area contributed by atoms with Crippen molar-refractivity contribution in [1.82, 2.24) is 4.98 Å². The fourth-order valence-electron chi connectivity index (χ4n) is 7.72. The molecule has 0 unspecified atom stereocenters. The van der Waals surface area contributed by atoms with Crippen molar-refractivity contribution in [3.05, 3.63) is 71.6 Å². The molecular weight excluding hydrogens is 834 g/mol. The van der Waals surface area contributed by atoms with Crippen LogP contribution in [0.25, 0.3) is 32.1 Å². The molecule has 1 radical (unpaired) electrons. The van der Waals surface area contributed by atoms with Crippen LogP contribution in [-0.2, 0) is 30.3 Å². The molecule has 0 aliphatic heterocycles. The predicted molar refractivity (Wildman–Crippen MR) is 215 cm³/mol. The van der Waals surface area contributed by atoms with Gasteiger partial charge in [0.2, 0.25) is 0 Å². The molecule has 0 aliphatic rings. The van der Waals surface area contributed by atoms with Crippen LogP contribution in [0.4, 0.5) is 4.39 Å². The molecule has 3 nitrogen and oxygen atoms in total. The quantitative estimate of drug-likeness (QED) is 0.0630. The summed E-state index contributed by atoms with van der Waals surface area (Å²) in [7, 11) is -1.72. The summed E-state index contributed by atoms with van der Waals surface area (Å²) in [6.45, 7) is 26.7. The summed E-state index contributed by atoms with van der Waals surface area (Å²) in [6.07, 6.45) is 4.53. The molecule has 4 aromatic rings. The van der Waals surface area contributed by atoms with Gasteiger partial charge in [0.25, 0.3) is 0 Å². The van der Waals surface area contributed by atoms with Gasteiger partial charge in [0.1, 0.15) is 8.07 Å². The number of fused-ring (bicyclic) bond motifs is 2. The van der Waals surface area contributed by atoms with E-state index in [9.17, 15) is 14.3 Å². The predicted octanol–water partition coefficient (Wildman–Crippen LogP) is 12.5. The third-order valence-corrected chi connectivity index (χ3v) is 18.3. The number of benzene rings is 2. The van der Waals surface area contributed by atoms with Gasteiger partial charge in [-0.05, 0) is 64.5 Å². The maximum absolute atomic E-state index is 11.7. The number of aryl methyl sites for hydroxylation is 1. The molecule has 1 N–H and O–H groups in total. The monoisotopic (exact) mass is 895 g/mol. The van der Waals surface area contributed by atoms with Crippen molar-refractivity contribution in [2.75, 3.05) is 6.67 Å². The summed E-state index contributed by atoms with van der Waals surface area (Å²) in [4.78, 5) is 15.6. The van der Waals surface area contributed by atoms with E-state index < -0.39 is 20.5 Å². The number of aliphatic hydroxyl groups is 1. The van der Waals surface area contributed by atoms with E-state index in [1.165, 1.54) is 50.1 Å². The third-order valence-electron chi connectivity index (χ3n) is 9.41. The SMILES string of the molecule is CCC(CC)/C(O)=C/C(=O)CF.Cc1c([Si](CC(C)C)(CC(C)C)CC(C)C)sc2c(-c3[c-]c4ccccc4c(C(C)(C)C)c3)nccc12.[Ir]. The Kier molecular flexibility index (Phi) is 16.8. The van der Waals surface area contributed by atoms with E-state index in [2.05, 4.69) is 123 Å². The molecule has 4 rings (SSSR count). The summed E-state index contributed by atoms with van der Waals surface area (Å²) in [5.41, 5.74) is 5.17. The maximum Gasteiger partial charge on any atom is 0.189 e. The second-order valence-corrected chi connectivity index (χ2v) is 21.9. The number of halogens is 1. The van der Waals surface area contributed by atoms with Crippen LogP contribution in [0.5, 0.6) is 0 Å². The van der Waals surface area contributed by atoms with Crippen LogP contribution in [0.15, 0.2) is 54.4 Å². The van der Waals surface area contributed by atoms with Gasteiger partial charge in [-0.1, -0.05) is 123 Å². The first-order valence-electron chi connectivity index (χ1n) is 18.3. The number of carbonyl (C=O) groups excluding carboxylic acids is 1. The number of ketones is 1. The van der Waals surface area contributed by atoms with Crippen molar-refractivity contribution in [2.45, 2.75) is 119 Å². The standard InChI is InChI=1S/C34H46NSSi.C9H15FO2.Ir/c1-22(2)19-37(20-23(3)4,21-24(5)6)33-25(7)28-15-16-35-31(32(28)36-33)27-17-26-13-11-12-14-29(26)30(18-27)34(8,9)10;1-3-7(4-2)9(12)5-8(11)6-10;/h11-16,18,22-24H,19-21H2,1-10H3;5,7,12H,3-4,6H2,1-2H3;/q-1;;/b;9-5-;. The molecule has 2 aromatic carbocycles. The first kappa shape index (κ1) is 44.0. The number of hydrogen-bond acceptors (Lipinski definition) is 4. The molecule has 277 valence electrons. The molecule has 0 amide bonds. The number of alkyl halides is 1. The minimum absolute atomic E-state index is 0. The number of pyridine rings is 1. The van der Waals surface area contributed by atoms with Crippen LogP contribution in [0.3, 0.4) is 0 Å². The molecule has 0 spiro atoms. The zero-order valence-corrected chi connectivity index (χ0v) is 36.8. The van der Waals surface area contributed by atoms with Gasteiger partial charge in [-0.15, -0.1) is 29.1 Å². The van der Waals surface area contributed by atoms with Crippen molar-refractivity contribution in [3.63, 3.8) is 0 Å². The molecule has 2 heterocycles. The summed E-state index contributed by atoms with van der Waals surface area (Å²) >= 11 is 2.08. The Bertz CT molecular complexity index is 1710. The van der Waals surface area contributed by atoms with E-state index in [0.29, 0.717) is 0 Å². The molecule has 0 saturated carbocycles. The van der Waals surface area contributed by atoms with Gasteiger partial charge >= 0.3 is 0 Å². The number of carbonyl (C=O) groups is 1. The van der Waals surface area contributed by atoms with E-state index >= 15 is 0 Å². The molecule has 0 atom stereocenters. The Labute approximate surface area is 320 Å². The zero-order chi connectivity index (χ0) is 36.7. The van der Waals surface area contributed by atoms with Gasteiger partial charge < -0.3 is 5.11 Å². The van der Waals surface area contributed by atoms with Crippen LogP contribution in [0.2, 0.25) is 18.1 Å². The number of rotatable bonds is 13. The number of aliphatic hydroxyl groups excluding tert-OH is 1. The number of allylic oxidation sites excluding steroid dienone is 2. The summed E-state index contributed by atoms with van der Waals surface area (Å²) in [6, 6.07) is 21.2. The van der Waals surface area contributed by atoms with Crippen molar-refractivity contribution in [1.29, 1.82) is 0 Å². The Morgan fingerprint density at radius 3 is 2.02 bits per heavy atom. The Balaban J connectivity index is 0.000000572. The summed E-state index contributed by atoms with van der Waals surface area (Å²) in [5.74, 6) is 1.47. The van der Waals surface area contributed by atoms with Crippen LogP contribution >= 0.6 is 11.3 Å². The van der Waals surface area contributed by atoms with Gasteiger partial charge in [-0.2, -0.15) is 11.3 Å². The molecule has 2 aromatic heterocycles. The van der Waals surface area contributed by atoms with Gasteiger partial charge in [-0.25, -0.2) is 4.39 Å². The normalized spacial score (nSPS) is 12.6. The third kappa shape index (κ3) is 10.9. The topological polar surface area (TPSA) is 50.2 Å². The van der Waals surface area contributed by atoms with Crippen LogP contribution < -0.4 is 4.50 Å². The van der Waals surface area contributed by atoms with Gasteiger partial charge in [0.05, 0.1) is 5.76 Å². The Hall–Kier alpha value is -2.18. The smallest absolute Gasteiger partial charge is 0.189 e. The summed E-state index contributed by atoms with van der Waals surface area (Å²) in [5, 5.41) is 13.2. The molecule has 0 fully saturated rings. The van der Waals surface area contributed by atoms with E-state index in [1.54, 1.807) is 4.50 Å². The molecular formula is C43H61FIrNO2SSi-. The van der Waals surface area contributed by atoms with E-state index in [0.717, 1.165) is 47.9 Å². The second kappa shape index (κ2) is 19.1. The number of aromatic nitrogens is 1. The molecule has 7 heteroatoms. The first-order chi connectivity index (χ1) is 23.0. The Morgan fingerprint density at radius 2 is 1.52 bits per heavy atom. The van der Waals surface area contributed by atoms with Gasteiger partial charge in [0, 0.05) is 48.7 Å². The van der Waals surface area contributed by atoms with Crippen molar-refractivity contribution >= 4 is 50.6 Å². The molecule has 0 aliphatic carbocycles. The van der Waals surface area contributed by atoms with E-state index in [1.807, 2.05) is 20.0 Å². The number of hydrogen-bond donors (Lipinski definition) is 1. The van der Waals surface area contributed by atoms with E-state index in [4.69, 9.17) is 4.98 Å². The molecule has 0 saturated heterocycles. The van der Waals surface area contributed by atoms with Crippen molar-refractivity contribution < 1.29 is 34.4 Å². The number of thiophene rings is 1. The van der Waals surface area contributed by atoms with Crippen molar-refractivity contribution in [2.24, 2.45) is 23.7 Å². The van der Waals surface area contributed by atoms with Crippen LogP contribution in [0.1, 0.15) is 100 Å². The maximum atomic E-state index is 11.7. The minimum Gasteiger partial charge on any atom is -0.512 e. The average molecular weight is 895 g/mol. The molecule has 0 bridgehead atoms. The van der Waals surface area contributed by atoms with E-state index in [-0.39, 0.29) is 37.2 Å².